The van der Waals surface area contributed by atoms with Crippen LogP contribution in [0.25, 0.3) is 12.2 Å². The van der Waals surface area contributed by atoms with Crippen LogP contribution < -0.4 is 0 Å². The molecule has 0 aliphatic carbocycles. The standard InChI is InChI=1S/C20H25ClO7S/c1-19(2,3)27-16(22)9-7-13-11-15(21)12-14(18(13)29(24,25)26)8-10-17(23)28-20(4,5)6/h7-12H,1-6H3,(H,24,25,26)/b9-7+,10-8+. The average Bonchev–Trinajstić information content (AvgIpc) is 2.45. The maximum Gasteiger partial charge on any atom is 0.331 e. The second kappa shape index (κ2) is 9.11. The number of benzene rings is 1. The van der Waals surface area contributed by atoms with Gasteiger partial charge in [-0.05, 0) is 77.0 Å². The molecule has 7 nitrogen and oxygen atoms in total. The third-order valence-electron chi connectivity index (χ3n) is 2.98. The summed E-state index contributed by atoms with van der Waals surface area (Å²) in [6.07, 6.45) is 4.36. The van der Waals surface area contributed by atoms with Gasteiger partial charge in [-0.2, -0.15) is 8.42 Å². The van der Waals surface area contributed by atoms with Crippen molar-refractivity contribution in [2.24, 2.45) is 0 Å². The van der Waals surface area contributed by atoms with E-state index in [1.54, 1.807) is 41.5 Å². The highest BCUT2D eigenvalue weighted by atomic mass is 35.5. The van der Waals surface area contributed by atoms with Crippen molar-refractivity contribution in [1.82, 2.24) is 0 Å². The zero-order valence-corrected chi connectivity index (χ0v) is 18.7. The SMILES string of the molecule is CC(C)(C)OC(=O)/C=C/c1cc(Cl)cc(/C=C/C(=O)OC(C)(C)C)c1S(=O)(=O)O. The summed E-state index contributed by atoms with van der Waals surface area (Å²) in [4.78, 5) is 23.3. The highest BCUT2D eigenvalue weighted by Crippen LogP contribution is 2.28. The minimum absolute atomic E-state index is 0.0466. The quantitative estimate of drug-likeness (QED) is 0.410. The van der Waals surface area contributed by atoms with E-state index in [0.29, 0.717) is 0 Å². The molecule has 9 heteroatoms. The summed E-state index contributed by atoms with van der Waals surface area (Å²) >= 11 is 6.04. The topological polar surface area (TPSA) is 107 Å². The van der Waals surface area contributed by atoms with E-state index in [1.807, 2.05) is 0 Å². The van der Waals surface area contributed by atoms with Gasteiger partial charge in [-0.15, -0.1) is 0 Å². The van der Waals surface area contributed by atoms with E-state index in [-0.39, 0.29) is 16.1 Å². The molecule has 0 saturated heterocycles. The molecule has 29 heavy (non-hydrogen) atoms. The van der Waals surface area contributed by atoms with Gasteiger partial charge < -0.3 is 9.47 Å². The van der Waals surface area contributed by atoms with E-state index < -0.39 is 38.2 Å². The number of esters is 2. The molecule has 0 amide bonds. The molecule has 0 unspecified atom stereocenters. The molecular formula is C20H25ClO7S. The van der Waals surface area contributed by atoms with Crippen LogP contribution in [0.1, 0.15) is 52.7 Å². The van der Waals surface area contributed by atoms with Crippen molar-refractivity contribution >= 4 is 45.8 Å². The van der Waals surface area contributed by atoms with Gasteiger partial charge in [0.25, 0.3) is 10.1 Å². The monoisotopic (exact) mass is 444 g/mol. The molecule has 0 bridgehead atoms. The van der Waals surface area contributed by atoms with E-state index in [2.05, 4.69) is 0 Å². The second-order valence-corrected chi connectivity index (χ2v) is 9.92. The minimum atomic E-state index is -4.71. The van der Waals surface area contributed by atoms with Gasteiger partial charge in [0.1, 0.15) is 16.1 Å². The largest absolute Gasteiger partial charge is 0.457 e. The van der Waals surface area contributed by atoms with Crippen LogP contribution >= 0.6 is 11.6 Å². The fraction of sp³-hybridized carbons (Fsp3) is 0.400. The molecule has 0 aliphatic rings. The zero-order chi connectivity index (χ0) is 22.6. The lowest BCUT2D eigenvalue weighted by Crippen LogP contribution is -2.22. The third kappa shape index (κ3) is 9.25. The summed E-state index contributed by atoms with van der Waals surface area (Å²) in [6, 6.07) is 2.52. The van der Waals surface area contributed by atoms with Crippen molar-refractivity contribution in [2.45, 2.75) is 57.6 Å². The average molecular weight is 445 g/mol. The predicted molar refractivity (Wildman–Crippen MR) is 111 cm³/mol. The predicted octanol–water partition coefficient (Wildman–Crippen LogP) is 4.30. The van der Waals surface area contributed by atoms with Crippen molar-refractivity contribution in [3.05, 3.63) is 40.4 Å². The van der Waals surface area contributed by atoms with Crippen LogP contribution in [0.5, 0.6) is 0 Å². The number of ether oxygens (including phenoxy) is 2. The third-order valence-corrected chi connectivity index (χ3v) is 4.19. The van der Waals surface area contributed by atoms with E-state index in [0.717, 1.165) is 24.3 Å². The van der Waals surface area contributed by atoms with Crippen LogP contribution in [0.4, 0.5) is 0 Å². The highest BCUT2D eigenvalue weighted by molar-refractivity contribution is 7.86. The molecule has 0 heterocycles. The van der Waals surface area contributed by atoms with Gasteiger partial charge >= 0.3 is 11.9 Å². The van der Waals surface area contributed by atoms with E-state index in [1.165, 1.54) is 12.1 Å². The Labute approximate surface area is 176 Å². The van der Waals surface area contributed by atoms with E-state index >= 15 is 0 Å². The Hall–Kier alpha value is -2.16. The van der Waals surface area contributed by atoms with E-state index in [4.69, 9.17) is 21.1 Å². The minimum Gasteiger partial charge on any atom is -0.457 e. The number of hydrogen-bond donors (Lipinski definition) is 1. The summed E-state index contributed by atoms with van der Waals surface area (Å²) in [5.41, 5.74) is -1.56. The van der Waals surface area contributed by atoms with Crippen molar-refractivity contribution in [3.8, 4) is 0 Å². The summed E-state index contributed by atoms with van der Waals surface area (Å²) in [6.45, 7) is 10.1. The Morgan fingerprint density at radius 3 is 1.52 bits per heavy atom. The molecular weight excluding hydrogens is 420 g/mol. The van der Waals surface area contributed by atoms with Crippen LogP contribution in [-0.2, 0) is 29.2 Å². The van der Waals surface area contributed by atoms with Crippen molar-refractivity contribution in [1.29, 1.82) is 0 Å². The molecule has 0 aromatic heterocycles. The summed E-state index contributed by atoms with van der Waals surface area (Å²) in [7, 11) is -4.71. The molecule has 0 spiro atoms. The lowest BCUT2D eigenvalue weighted by Gasteiger charge is -2.18. The van der Waals surface area contributed by atoms with Gasteiger partial charge in [0.2, 0.25) is 0 Å². The van der Waals surface area contributed by atoms with Crippen LogP contribution in [0.2, 0.25) is 5.02 Å². The van der Waals surface area contributed by atoms with Gasteiger partial charge in [-0.1, -0.05) is 11.6 Å². The number of carbonyl (C=O) groups excluding carboxylic acids is 2. The van der Waals surface area contributed by atoms with Crippen molar-refractivity contribution in [2.75, 3.05) is 0 Å². The Morgan fingerprint density at radius 2 is 1.24 bits per heavy atom. The van der Waals surface area contributed by atoms with Crippen LogP contribution in [0, 0.1) is 0 Å². The molecule has 0 radical (unpaired) electrons. The maximum atomic E-state index is 11.9. The molecule has 0 saturated carbocycles. The van der Waals surface area contributed by atoms with Crippen LogP contribution in [0.3, 0.4) is 0 Å². The lowest BCUT2D eigenvalue weighted by atomic mass is 10.1. The van der Waals surface area contributed by atoms with E-state index in [9.17, 15) is 22.6 Å². The molecule has 0 atom stereocenters. The first kappa shape index (κ1) is 24.9. The molecule has 0 fully saturated rings. The molecule has 160 valence electrons. The molecule has 0 aliphatic heterocycles. The Kier molecular flexibility index (Phi) is 7.81. The fourth-order valence-electron chi connectivity index (χ4n) is 2.17. The Bertz CT molecular complexity index is 887. The molecule has 1 aromatic carbocycles. The van der Waals surface area contributed by atoms with Gasteiger partial charge in [0.05, 0.1) is 0 Å². The van der Waals surface area contributed by atoms with Crippen molar-refractivity contribution in [3.63, 3.8) is 0 Å². The first-order chi connectivity index (χ1) is 13.0. The normalized spacial score (nSPS) is 13.1. The number of hydrogen-bond acceptors (Lipinski definition) is 6. The lowest BCUT2D eigenvalue weighted by molar-refractivity contribution is -0.149. The number of halogens is 1. The first-order valence-electron chi connectivity index (χ1n) is 8.61. The maximum absolute atomic E-state index is 11.9. The Balaban J connectivity index is 3.39. The second-order valence-electron chi connectivity index (χ2n) is 8.12. The van der Waals surface area contributed by atoms with Gasteiger partial charge in [-0.25, -0.2) is 9.59 Å². The summed E-state index contributed by atoms with van der Waals surface area (Å²) in [5, 5.41) is 0.130. The fourth-order valence-corrected chi connectivity index (χ4v) is 3.25. The van der Waals surface area contributed by atoms with Gasteiger partial charge in [0.15, 0.2) is 0 Å². The zero-order valence-electron chi connectivity index (χ0n) is 17.1. The summed E-state index contributed by atoms with van der Waals surface area (Å²) in [5.74, 6) is -1.41. The van der Waals surface area contributed by atoms with Crippen LogP contribution in [0.15, 0.2) is 29.2 Å². The van der Waals surface area contributed by atoms with Crippen LogP contribution in [-0.4, -0.2) is 36.1 Å². The van der Waals surface area contributed by atoms with Crippen molar-refractivity contribution < 1.29 is 32.0 Å². The smallest absolute Gasteiger partial charge is 0.331 e. The molecule has 1 rings (SSSR count). The van der Waals surface area contributed by atoms with Gasteiger partial charge in [-0.3, -0.25) is 4.55 Å². The Morgan fingerprint density at radius 1 is 0.897 bits per heavy atom. The number of rotatable bonds is 5. The van der Waals surface area contributed by atoms with Gasteiger partial charge in [0, 0.05) is 17.2 Å². The molecule has 1 aromatic rings. The summed E-state index contributed by atoms with van der Waals surface area (Å²) < 4.78 is 43.8. The highest BCUT2D eigenvalue weighted by Gasteiger charge is 2.21. The first-order valence-corrected chi connectivity index (χ1v) is 10.4. The molecule has 1 N–H and O–H groups in total. The number of carbonyl (C=O) groups is 2.